The summed E-state index contributed by atoms with van der Waals surface area (Å²) in [5.41, 5.74) is 0. The minimum absolute atomic E-state index is 0.0593. The van der Waals surface area contributed by atoms with E-state index in [1.165, 1.54) is 19.3 Å². The van der Waals surface area contributed by atoms with Crippen molar-refractivity contribution in [3.8, 4) is 5.75 Å². The van der Waals surface area contributed by atoms with E-state index in [9.17, 15) is 0 Å². The molecule has 0 N–H and O–H groups in total. The molecule has 1 saturated carbocycles. The Hall–Kier alpha value is -1.86. The van der Waals surface area contributed by atoms with Gasteiger partial charge in [0.1, 0.15) is 10.6 Å². The van der Waals surface area contributed by atoms with Crippen LogP contribution in [0.2, 0.25) is 5.02 Å². The molecule has 0 radical (unpaired) electrons. The number of nitrogens with zero attached hydrogens (tertiary/aromatic N) is 4. The third-order valence-electron chi connectivity index (χ3n) is 4.80. The molecule has 1 aromatic carbocycles. The molecule has 0 unspecified atom stereocenters. The van der Waals surface area contributed by atoms with Gasteiger partial charge in [0.15, 0.2) is 12.4 Å². The van der Waals surface area contributed by atoms with Crippen molar-refractivity contribution in [2.75, 3.05) is 6.61 Å². The van der Waals surface area contributed by atoms with Gasteiger partial charge in [0.2, 0.25) is 0 Å². The number of hydrazone groups is 2. The molecule has 1 aromatic rings. The fraction of sp³-hybridized carbons (Fsp3) is 0.412. The SMILES string of the molecule is Clc1ccc(OCC2=NN3C4=CSC5(CCCCC5)N4N=C3O2)cc1. The van der Waals surface area contributed by atoms with Crippen LogP contribution in [0.5, 0.6) is 5.75 Å². The Labute approximate surface area is 155 Å². The Morgan fingerprint density at radius 2 is 1.96 bits per heavy atom. The number of benzene rings is 1. The first-order valence-electron chi connectivity index (χ1n) is 8.44. The number of rotatable bonds is 3. The molecule has 1 spiro atoms. The lowest BCUT2D eigenvalue weighted by atomic mass is 9.94. The Bertz CT molecular complexity index is 786. The molecule has 0 atom stereocenters. The molecule has 0 aromatic heterocycles. The molecule has 4 aliphatic rings. The highest BCUT2D eigenvalue weighted by Gasteiger charge is 2.51. The van der Waals surface area contributed by atoms with E-state index in [0.29, 0.717) is 16.9 Å². The maximum absolute atomic E-state index is 5.88. The summed E-state index contributed by atoms with van der Waals surface area (Å²) in [6.45, 7) is 0.253. The molecule has 1 aliphatic carbocycles. The zero-order valence-corrected chi connectivity index (χ0v) is 15.1. The van der Waals surface area contributed by atoms with Crippen molar-refractivity contribution in [3.05, 3.63) is 40.5 Å². The molecular weight excluding hydrogens is 360 g/mol. The summed E-state index contributed by atoms with van der Waals surface area (Å²) in [4.78, 5) is 0.0593. The standard InChI is InChI=1S/C17H17ClN4O2S/c18-12-4-6-13(7-5-12)23-10-14-19-21-15-11-25-17(8-2-1-3-9-17)22(15)20-16(21)24-14/h4-7,11H,1-3,8-10H2. The molecule has 3 aliphatic heterocycles. The number of amidine groups is 1. The van der Waals surface area contributed by atoms with Crippen molar-refractivity contribution in [2.24, 2.45) is 10.2 Å². The molecule has 0 bridgehead atoms. The third kappa shape index (κ3) is 2.57. The van der Waals surface area contributed by atoms with Crippen LogP contribution in [0.1, 0.15) is 32.1 Å². The quantitative estimate of drug-likeness (QED) is 0.792. The molecule has 3 heterocycles. The van der Waals surface area contributed by atoms with Gasteiger partial charge in [-0.1, -0.05) is 42.6 Å². The van der Waals surface area contributed by atoms with E-state index in [4.69, 9.17) is 21.1 Å². The summed E-state index contributed by atoms with van der Waals surface area (Å²) in [7, 11) is 0. The number of thioether (sulfide) groups is 1. The van der Waals surface area contributed by atoms with Crippen LogP contribution in [0, 0.1) is 0 Å². The molecule has 0 amide bonds. The average molecular weight is 377 g/mol. The Balaban J connectivity index is 1.27. The van der Waals surface area contributed by atoms with Crippen LogP contribution in [-0.4, -0.2) is 33.4 Å². The molecule has 25 heavy (non-hydrogen) atoms. The van der Waals surface area contributed by atoms with E-state index in [1.54, 1.807) is 17.1 Å². The fourth-order valence-corrected chi connectivity index (χ4v) is 4.95. The van der Waals surface area contributed by atoms with Crippen LogP contribution in [0.25, 0.3) is 0 Å². The lowest BCUT2D eigenvalue weighted by Crippen LogP contribution is -2.40. The Morgan fingerprint density at radius 1 is 1.16 bits per heavy atom. The summed E-state index contributed by atoms with van der Waals surface area (Å²) in [5, 5.41) is 15.9. The number of hydrogen-bond donors (Lipinski definition) is 0. The van der Waals surface area contributed by atoms with E-state index in [-0.39, 0.29) is 11.5 Å². The maximum Gasteiger partial charge on any atom is 0.344 e. The van der Waals surface area contributed by atoms with Crippen molar-refractivity contribution in [2.45, 2.75) is 37.0 Å². The van der Waals surface area contributed by atoms with E-state index < -0.39 is 0 Å². The molecule has 5 rings (SSSR count). The fourth-order valence-electron chi connectivity index (χ4n) is 3.54. The topological polar surface area (TPSA) is 49.7 Å². The molecule has 6 nitrogen and oxygen atoms in total. The van der Waals surface area contributed by atoms with Crippen molar-refractivity contribution in [3.63, 3.8) is 0 Å². The zero-order chi connectivity index (χ0) is 16.9. The van der Waals surface area contributed by atoms with Gasteiger partial charge in [0.05, 0.1) is 0 Å². The predicted molar refractivity (Wildman–Crippen MR) is 98.1 cm³/mol. The van der Waals surface area contributed by atoms with Crippen LogP contribution >= 0.6 is 23.4 Å². The smallest absolute Gasteiger partial charge is 0.344 e. The van der Waals surface area contributed by atoms with Crippen LogP contribution in [0.3, 0.4) is 0 Å². The van der Waals surface area contributed by atoms with Gasteiger partial charge in [0, 0.05) is 10.4 Å². The first-order chi connectivity index (χ1) is 12.2. The number of halogens is 1. The van der Waals surface area contributed by atoms with Crippen molar-refractivity contribution in [1.29, 1.82) is 0 Å². The van der Waals surface area contributed by atoms with Gasteiger partial charge < -0.3 is 9.47 Å². The molecule has 1 fully saturated rings. The van der Waals surface area contributed by atoms with Gasteiger partial charge in [-0.25, -0.2) is 5.01 Å². The zero-order valence-electron chi connectivity index (χ0n) is 13.5. The van der Waals surface area contributed by atoms with E-state index in [1.807, 2.05) is 23.9 Å². The monoisotopic (exact) mass is 376 g/mol. The largest absolute Gasteiger partial charge is 0.484 e. The van der Waals surface area contributed by atoms with Crippen molar-refractivity contribution in [1.82, 2.24) is 10.0 Å². The van der Waals surface area contributed by atoms with Crippen molar-refractivity contribution >= 4 is 35.3 Å². The summed E-state index contributed by atoms with van der Waals surface area (Å²) in [5.74, 6) is 2.22. The Kier molecular flexibility index (Phi) is 3.60. The highest BCUT2D eigenvalue weighted by molar-refractivity contribution is 8.03. The number of hydrogen-bond acceptors (Lipinski definition) is 7. The van der Waals surface area contributed by atoms with E-state index >= 15 is 0 Å². The summed E-state index contributed by atoms with van der Waals surface area (Å²) >= 11 is 7.74. The molecule has 8 heteroatoms. The van der Waals surface area contributed by atoms with E-state index in [0.717, 1.165) is 24.4 Å². The minimum atomic E-state index is 0.0593. The second-order valence-corrected chi connectivity index (χ2v) is 8.11. The van der Waals surface area contributed by atoms with Crippen molar-refractivity contribution < 1.29 is 9.47 Å². The lowest BCUT2D eigenvalue weighted by Gasteiger charge is -2.37. The third-order valence-corrected chi connectivity index (χ3v) is 6.40. The van der Waals surface area contributed by atoms with Gasteiger partial charge in [-0.05, 0) is 37.1 Å². The summed E-state index contributed by atoms with van der Waals surface area (Å²) in [6, 6.07) is 7.74. The van der Waals surface area contributed by atoms with Gasteiger partial charge in [0.25, 0.3) is 5.90 Å². The Morgan fingerprint density at radius 3 is 2.76 bits per heavy atom. The molecule has 0 saturated heterocycles. The average Bonchev–Trinajstić information content (AvgIpc) is 3.27. The van der Waals surface area contributed by atoms with Crippen LogP contribution in [0.4, 0.5) is 0 Å². The van der Waals surface area contributed by atoms with Gasteiger partial charge >= 0.3 is 6.02 Å². The first-order valence-corrected chi connectivity index (χ1v) is 9.70. The van der Waals surface area contributed by atoms with Crippen LogP contribution in [0.15, 0.2) is 45.7 Å². The number of fused-ring (bicyclic) bond motifs is 4. The second-order valence-electron chi connectivity index (χ2n) is 6.45. The lowest BCUT2D eigenvalue weighted by molar-refractivity contribution is 0.170. The maximum atomic E-state index is 5.88. The van der Waals surface area contributed by atoms with Gasteiger partial charge in [-0.15, -0.1) is 10.2 Å². The predicted octanol–water partition coefficient (Wildman–Crippen LogP) is 4.16. The summed E-state index contributed by atoms with van der Waals surface area (Å²) in [6.07, 6.45) is 6.11. The first kappa shape index (κ1) is 15.4. The second kappa shape index (κ2) is 5.85. The van der Waals surface area contributed by atoms with Crippen LogP contribution < -0.4 is 4.74 Å². The van der Waals surface area contributed by atoms with Gasteiger partial charge in [-0.3, -0.25) is 0 Å². The molecule has 130 valence electrons. The normalized spacial score (nSPS) is 23.0. The highest BCUT2D eigenvalue weighted by Crippen LogP contribution is 2.53. The van der Waals surface area contributed by atoms with E-state index in [2.05, 4.69) is 20.6 Å². The summed E-state index contributed by atoms with van der Waals surface area (Å²) < 4.78 is 11.5. The molecular formula is C17H17ClN4O2S. The highest BCUT2D eigenvalue weighted by atomic mass is 35.5. The minimum Gasteiger partial charge on any atom is -0.484 e. The number of ether oxygens (including phenoxy) is 2. The van der Waals surface area contributed by atoms with Gasteiger partial charge in [-0.2, -0.15) is 5.01 Å². The van der Waals surface area contributed by atoms with Crippen LogP contribution in [-0.2, 0) is 4.74 Å².